The monoisotopic (exact) mass is 333 g/mol. The van der Waals surface area contributed by atoms with Gasteiger partial charge in [0.05, 0.1) is 0 Å². The summed E-state index contributed by atoms with van der Waals surface area (Å²) >= 11 is 0. The van der Waals surface area contributed by atoms with Crippen LogP contribution in [0.3, 0.4) is 0 Å². The van der Waals surface area contributed by atoms with Gasteiger partial charge in [0.25, 0.3) is 12.2 Å². The molecule has 0 radical (unpaired) electrons. The Morgan fingerprint density at radius 2 is 1.78 bits per heavy atom. The standard InChI is InChI=1S/C11H8F5N7/c12-6(13)5-22-4-3-8(20-22)17-7-1-2-9-18-19-10(11(14,15)16)23(9)21-7/h1-4,6H,5H2,(H,17,20,21). The van der Waals surface area contributed by atoms with Crippen molar-refractivity contribution in [2.45, 2.75) is 19.1 Å². The molecule has 0 aromatic carbocycles. The number of alkyl halides is 5. The van der Waals surface area contributed by atoms with E-state index in [1.165, 1.54) is 24.4 Å². The highest BCUT2D eigenvalue weighted by molar-refractivity contribution is 5.53. The minimum absolute atomic E-state index is 0.0325. The van der Waals surface area contributed by atoms with Gasteiger partial charge in [-0.2, -0.15) is 22.8 Å². The molecule has 3 heterocycles. The zero-order chi connectivity index (χ0) is 16.6. The molecule has 3 aromatic heterocycles. The Kier molecular flexibility index (Phi) is 3.58. The van der Waals surface area contributed by atoms with Crippen molar-refractivity contribution in [2.24, 2.45) is 0 Å². The van der Waals surface area contributed by atoms with Gasteiger partial charge in [-0.3, -0.25) is 4.68 Å². The SMILES string of the molecule is FC(F)Cn1ccc(Nc2ccc3nnc(C(F)(F)F)n3n2)n1. The Morgan fingerprint density at radius 1 is 1.04 bits per heavy atom. The number of aromatic nitrogens is 6. The van der Waals surface area contributed by atoms with Gasteiger partial charge in [-0.1, -0.05) is 0 Å². The van der Waals surface area contributed by atoms with Crippen LogP contribution in [0.25, 0.3) is 5.65 Å². The highest BCUT2D eigenvalue weighted by Gasteiger charge is 2.37. The lowest BCUT2D eigenvalue weighted by molar-refractivity contribution is -0.146. The molecule has 0 saturated heterocycles. The highest BCUT2D eigenvalue weighted by Crippen LogP contribution is 2.27. The number of hydrogen-bond donors (Lipinski definition) is 1. The Labute approximate surface area is 124 Å². The molecule has 0 saturated carbocycles. The summed E-state index contributed by atoms with van der Waals surface area (Å²) in [4.78, 5) is 0. The number of anilines is 2. The summed E-state index contributed by atoms with van der Waals surface area (Å²) in [6, 6.07) is 4.05. The van der Waals surface area contributed by atoms with Gasteiger partial charge in [0, 0.05) is 12.3 Å². The third-order valence-electron chi connectivity index (χ3n) is 2.74. The van der Waals surface area contributed by atoms with E-state index in [9.17, 15) is 22.0 Å². The molecule has 3 aromatic rings. The summed E-state index contributed by atoms with van der Waals surface area (Å²) in [6.45, 7) is -0.586. The van der Waals surface area contributed by atoms with Crippen molar-refractivity contribution >= 4 is 17.3 Å². The first kappa shape index (κ1) is 15.1. The normalized spacial score (nSPS) is 12.3. The Bertz CT molecular complexity index is 822. The number of rotatable bonds is 4. The van der Waals surface area contributed by atoms with Gasteiger partial charge in [0.1, 0.15) is 6.54 Å². The molecule has 122 valence electrons. The van der Waals surface area contributed by atoms with Crippen LogP contribution in [-0.2, 0) is 12.7 Å². The Balaban J connectivity index is 1.87. The topological polar surface area (TPSA) is 72.9 Å². The molecule has 0 bridgehead atoms. The molecule has 0 atom stereocenters. The fourth-order valence-corrected chi connectivity index (χ4v) is 1.83. The number of nitrogens with zero attached hydrogens (tertiary/aromatic N) is 6. The molecular formula is C11H8F5N7. The molecule has 0 unspecified atom stereocenters. The van der Waals surface area contributed by atoms with Crippen LogP contribution in [0.1, 0.15) is 5.82 Å². The van der Waals surface area contributed by atoms with Gasteiger partial charge < -0.3 is 5.32 Å². The smallest absolute Gasteiger partial charge is 0.322 e. The largest absolute Gasteiger partial charge is 0.453 e. The van der Waals surface area contributed by atoms with Crippen LogP contribution >= 0.6 is 0 Å². The third-order valence-corrected chi connectivity index (χ3v) is 2.74. The minimum Gasteiger partial charge on any atom is -0.322 e. The van der Waals surface area contributed by atoms with Gasteiger partial charge in [-0.25, -0.2) is 8.78 Å². The second kappa shape index (κ2) is 5.44. The average Bonchev–Trinajstić information content (AvgIpc) is 3.03. The molecule has 23 heavy (non-hydrogen) atoms. The van der Waals surface area contributed by atoms with E-state index in [-0.39, 0.29) is 17.3 Å². The summed E-state index contributed by atoms with van der Waals surface area (Å²) < 4.78 is 64.3. The summed E-state index contributed by atoms with van der Waals surface area (Å²) in [5.74, 6) is -1.07. The van der Waals surface area contributed by atoms with Gasteiger partial charge in [0.15, 0.2) is 17.3 Å². The summed E-state index contributed by atoms with van der Waals surface area (Å²) in [5, 5.41) is 16.6. The highest BCUT2D eigenvalue weighted by atomic mass is 19.4. The maximum absolute atomic E-state index is 12.8. The summed E-state index contributed by atoms with van der Waals surface area (Å²) in [6.07, 6.45) is -5.96. The molecule has 0 amide bonds. The quantitative estimate of drug-likeness (QED) is 0.742. The van der Waals surface area contributed by atoms with E-state index in [1.807, 2.05) is 0 Å². The first-order valence-electron chi connectivity index (χ1n) is 6.21. The van der Waals surface area contributed by atoms with Gasteiger partial charge in [0.2, 0.25) is 0 Å². The van der Waals surface area contributed by atoms with E-state index < -0.39 is 25.0 Å². The van der Waals surface area contributed by atoms with E-state index in [2.05, 4.69) is 25.7 Å². The minimum atomic E-state index is -4.70. The van der Waals surface area contributed by atoms with Crippen molar-refractivity contribution in [3.05, 3.63) is 30.2 Å². The lowest BCUT2D eigenvalue weighted by atomic mass is 10.5. The maximum atomic E-state index is 12.8. The van der Waals surface area contributed by atoms with Crippen LogP contribution < -0.4 is 5.32 Å². The zero-order valence-electron chi connectivity index (χ0n) is 11.2. The fourth-order valence-electron chi connectivity index (χ4n) is 1.83. The van der Waals surface area contributed by atoms with E-state index in [0.717, 1.165) is 4.68 Å². The van der Waals surface area contributed by atoms with Crippen LogP contribution in [-0.4, -0.2) is 36.0 Å². The molecule has 3 rings (SSSR count). The van der Waals surface area contributed by atoms with Crippen LogP contribution in [0.2, 0.25) is 0 Å². The average molecular weight is 333 g/mol. The van der Waals surface area contributed by atoms with E-state index in [0.29, 0.717) is 4.52 Å². The van der Waals surface area contributed by atoms with Crippen molar-refractivity contribution in [3.63, 3.8) is 0 Å². The van der Waals surface area contributed by atoms with Crippen molar-refractivity contribution in [1.29, 1.82) is 0 Å². The lowest BCUT2D eigenvalue weighted by Gasteiger charge is -2.05. The predicted octanol–water partition coefficient (Wildman–Crippen LogP) is 2.35. The van der Waals surface area contributed by atoms with Crippen molar-refractivity contribution in [1.82, 2.24) is 29.6 Å². The maximum Gasteiger partial charge on any atom is 0.453 e. The fraction of sp³-hybridized carbons (Fsp3) is 0.273. The molecule has 0 aliphatic rings. The molecule has 0 fully saturated rings. The number of halogens is 5. The lowest BCUT2D eigenvalue weighted by Crippen LogP contribution is -2.13. The second-order valence-corrected chi connectivity index (χ2v) is 4.45. The van der Waals surface area contributed by atoms with Crippen LogP contribution in [0.5, 0.6) is 0 Å². The summed E-state index contributed by atoms with van der Waals surface area (Å²) in [5.41, 5.74) is -0.0777. The Morgan fingerprint density at radius 3 is 2.48 bits per heavy atom. The van der Waals surface area contributed by atoms with Crippen LogP contribution in [0, 0.1) is 0 Å². The molecule has 12 heteroatoms. The second-order valence-electron chi connectivity index (χ2n) is 4.45. The van der Waals surface area contributed by atoms with Gasteiger partial charge in [-0.05, 0) is 12.1 Å². The van der Waals surface area contributed by atoms with Crippen molar-refractivity contribution in [3.8, 4) is 0 Å². The summed E-state index contributed by atoms with van der Waals surface area (Å²) in [7, 11) is 0. The molecule has 1 N–H and O–H groups in total. The van der Waals surface area contributed by atoms with Gasteiger partial charge in [-0.15, -0.1) is 15.3 Å². The van der Waals surface area contributed by atoms with E-state index in [1.54, 1.807) is 0 Å². The molecule has 7 nitrogen and oxygen atoms in total. The third kappa shape index (κ3) is 3.19. The molecule has 0 aliphatic carbocycles. The number of fused-ring (bicyclic) bond motifs is 1. The Hall–Kier alpha value is -2.79. The first-order valence-corrected chi connectivity index (χ1v) is 6.21. The number of hydrogen-bond acceptors (Lipinski definition) is 5. The van der Waals surface area contributed by atoms with Crippen LogP contribution in [0.4, 0.5) is 33.6 Å². The van der Waals surface area contributed by atoms with Crippen molar-refractivity contribution in [2.75, 3.05) is 5.32 Å². The zero-order valence-corrected chi connectivity index (χ0v) is 11.2. The van der Waals surface area contributed by atoms with Gasteiger partial charge >= 0.3 is 6.18 Å². The van der Waals surface area contributed by atoms with E-state index >= 15 is 0 Å². The molecule has 0 spiro atoms. The van der Waals surface area contributed by atoms with Crippen LogP contribution in [0.15, 0.2) is 24.4 Å². The van der Waals surface area contributed by atoms with Crippen molar-refractivity contribution < 1.29 is 22.0 Å². The van der Waals surface area contributed by atoms with E-state index in [4.69, 9.17) is 0 Å². The molecular weight excluding hydrogens is 325 g/mol. The number of nitrogens with one attached hydrogen (secondary N) is 1. The predicted molar refractivity (Wildman–Crippen MR) is 67.3 cm³/mol. The first-order chi connectivity index (χ1) is 10.8. The molecule has 0 aliphatic heterocycles.